The topological polar surface area (TPSA) is 47.0 Å². The summed E-state index contributed by atoms with van der Waals surface area (Å²) in [5.74, 6) is 0.617. The third-order valence-electron chi connectivity index (χ3n) is 3.93. The fraction of sp³-hybridized carbons (Fsp3) is 0.316. The van der Waals surface area contributed by atoms with Gasteiger partial charge in [0.05, 0.1) is 20.9 Å². The van der Waals surface area contributed by atoms with Crippen LogP contribution in [0.5, 0.6) is 0 Å². The quantitative estimate of drug-likeness (QED) is 0.564. The third-order valence-corrected chi connectivity index (χ3v) is 8.10. The highest BCUT2D eigenvalue weighted by Crippen LogP contribution is 2.30. The standard InChI is InChI=1S/C19H21NO2S3/c1-19(2,3)14-8-10-15(11-9-14)25(21,22)13-12-23-18-20-16-6-4-5-7-17(16)24-18/h4-11H,12-13H2,1-3H3. The number of hydrogen-bond donors (Lipinski definition) is 0. The summed E-state index contributed by atoms with van der Waals surface area (Å²) in [5, 5.41) is 0. The summed E-state index contributed by atoms with van der Waals surface area (Å²) in [6.45, 7) is 6.35. The van der Waals surface area contributed by atoms with E-state index >= 15 is 0 Å². The molecule has 0 aliphatic carbocycles. The molecule has 0 atom stereocenters. The maximum absolute atomic E-state index is 12.5. The summed E-state index contributed by atoms with van der Waals surface area (Å²) in [5.41, 5.74) is 2.12. The Hall–Kier alpha value is -1.37. The average Bonchev–Trinajstić information content (AvgIpc) is 2.96. The van der Waals surface area contributed by atoms with Gasteiger partial charge in [0.25, 0.3) is 0 Å². The molecule has 0 bridgehead atoms. The summed E-state index contributed by atoms with van der Waals surface area (Å²) in [6.07, 6.45) is 0. The second-order valence-corrected chi connectivity index (χ2v) is 11.4. The lowest BCUT2D eigenvalue weighted by Crippen LogP contribution is -2.12. The first-order valence-electron chi connectivity index (χ1n) is 8.07. The SMILES string of the molecule is CC(C)(C)c1ccc(S(=O)(=O)CCSc2nc3ccccc3s2)cc1. The van der Waals surface area contributed by atoms with Gasteiger partial charge in [-0.2, -0.15) is 0 Å². The zero-order valence-corrected chi connectivity index (χ0v) is 17.0. The molecule has 2 aromatic carbocycles. The van der Waals surface area contributed by atoms with Crippen molar-refractivity contribution in [3.8, 4) is 0 Å². The molecule has 0 saturated carbocycles. The summed E-state index contributed by atoms with van der Waals surface area (Å²) < 4.78 is 27.1. The van der Waals surface area contributed by atoms with Gasteiger partial charge in [0, 0.05) is 5.75 Å². The minimum absolute atomic E-state index is 0.0188. The van der Waals surface area contributed by atoms with Crippen LogP contribution in [0.25, 0.3) is 10.2 Å². The van der Waals surface area contributed by atoms with Gasteiger partial charge < -0.3 is 0 Å². The number of para-hydroxylation sites is 1. The number of aromatic nitrogens is 1. The predicted octanol–water partition coefficient (Wildman–Crippen LogP) is 5.16. The number of rotatable bonds is 5. The lowest BCUT2D eigenvalue weighted by atomic mass is 9.87. The lowest BCUT2D eigenvalue weighted by molar-refractivity contribution is 0.586. The Morgan fingerprint density at radius 2 is 1.72 bits per heavy atom. The number of fused-ring (bicyclic) bond motifs is 1. The molecule has 0 radical (unpaired) electrons. The van der Waals surface area contributed by atoms with Gasteiger partial charge in [0.15, 0.2) is 14.2 Å². The minimum atomic E-state index is -3.27. The molecule has 6 heteroatoms. The van der Waals surface area contributed by atoms with Crippen LogP contribution in [0.4, 0.5) is 0 Å². The second-order valence-electron chi connectivity index (χ2n) is 6.89. The van der Waals surface area contributed by atoms with E-state index in [4.69, 9.17) is 0 Å². The van der Waals surface area contributed by atoms with Gasteiger partial charge in [-0.05, 0) is 35.2 Å². The van der Waals surface area contributed by atoms with E-state index in [0.717, 1.165) is 20.1 Å². The van der Waals surface area contributed by atoms with Crippen molar-refractivity contribution in [2.75, 3.05) is 11.5 Å². The fourth-order valence-electron chi connectivity index (χ4n) is 2.43. The zero-order chi connectivity index (χ0) is 18.1. The van der Waals surface area contributed by atoms with E-state index in [-0.39, 0.29) is 11.2 Å². The third kappa shape index (κ3) is 4.43. The van der Waals surface area contributed by atoms with Crippen molar-refractivity contribution in [3.63, 3.8) is 0 Å². The Bertz CT molecular complexity index is 935. The molecule has 3 aromatic rings. The van der Waals surface area contributed by atoms with Gasteiger partial charge in [-0.15, -0.1) is 11.3 Å². The second kappa shape index (κ2) is 7.09. The predicted molar refractivity (Wildman–Crippen MR) is 108 cm³/mol. The van der Waals surface area contributed by atoms with Crippen molar-refractivity contribution in [3.05, 3.63) is 54.1 Å². The van der Waals surface area contributed by atoms with Crippen molar-refractivity contribution in [1.82, 2.24) is 4.98 Å². The summed E-state index contributed by atoms with van der Waals surface area (Å²) in [4.78, 5) is 4.92. The first-order chi connectivity index (χ1) is 11.8. The Morgan fingerprint density at radius 1 is 1.04 bits per heavy atom. The molecule has 0 amide bonds. The molecular weight excluding hydrogens is 370 g/mol. The van der Waals surface area contributed by atoms with Gasteiger partial charge in [0.1, 0.15) is 0 Å². The average molecular weight is 392 g/mol. The van der Waals surface area contributed by atoms with E-state index in [1.54, 1.807) is 23.5 Å². The molecule has 3 nitrogen and oxygen atoms in total. The summed E-state index contributed by atoms with van der Waals surface area (Å²) in [7, 11) is -3.27. The Labute approximate surface area is 157 Å². The van der Waals surface area contributed by atoms with Crippen molar-refractivity contribution in [2.45, 2.75) is 35.4 Å². The van der Waals surface area contributed by atoms with Crippen LogP contribution in [0.2, 0.25) is 0 Å². The smallest absolute Gasteiger partial charge is 0.179 e. The molecular formula is C19H21NO2S3. The van der Waals surface area contributed by atoms with Gasteiger partial charge in [0.2, 0.25) is 0 Å². The normalized spacial score (nSPS) is 12.6. The largest absolute Gasteiger partial charge is 0.230 e. The van der Waals surface area contributed by atoms with Crippen molar-refractivity contribution < 1.29 is 8.42 Å². The molecule has 3 rings (SSSR count). The molecule has 0 N–H and O–H groups in total. The molecule has 0 spiro atoms. The highest BCUT2D eigenvalue weighted by atomic mass is 32.2. The van der Waals surface area contributed by atoms with Gasteiger partial charge in [-0.25, -0.2) is 13.4 Å². The van der Waals surface area contributed by atoms with Crippen LogP contribution in [0, 0.1) is 0 Å². The maximum Gasteiger partial charge on any atom is 0.179 e. The van der Waals surface area contributed by atoms with Crippen LogP contribution in [-0.2, 0) is 15.3 Å². The number of thiazole rings is 1. The maximum atomic E-state index is 12.5. The monoisotopic (exact) mass is 391 g/mol. The highest BCUT2D eigenvalue weighted by Gasteiger charge is 2.18. The van der Waals surface area contributed by atoms with E-state index in [1.807, 2.05) is 36.4 Å². The number of sulfone groups is 1. The number of thioether (sulfide) groups is 1. The number of benzene rings is 2. The van der Waals surface area contributed by atoms with E-state index in [9.17, 15) is 8.42 Å². The molecule has 1 aromatic heterocycles. The van der Waals surface area contributed by atoms with Crippen LogP contribution in [0.3, 0.4) is 0 Å². The van der Waals surface area contributed by atoms with Crippen LogP contribution < -0.4 is 0 Å². The Balaban J connectivity index is 1.65. The van der Waals surface area contributed by atoms with Crippen LogP contribution in [0.1, 0.15) is 26.3 Å². The minimum Gasteiger partial charge on any atom is -0.230 e. The van der Waals surface area contributed by atoms with Gasteiger partial charge >= 0.3 is 0 Å². The van der Waals surface area contributed by atoms with Crippen molar-refractivity contribution >= 4 is 43.2 Å². The molecule has 0 aliphatic heterocycles. The molecule has 132 valence electrons. The van der Waals surface area contributed by atoms with Gasteiger partial charge in [-0.1, -0.05) is 56.8 Å². The molecule has 0 unspecified atom stereocenters. The number of nitrogens with zero attached hydrogens (tertiary/aromatic N) is 1. The lowest BCUT2D eigenvalue weighted by Gasteiger charge is -2.19. The van der Waals surface area contributed by atoms with E-state index in [2.05, 4.69) is 25.8 Å². The van der Waals surface area contributed by atoms with E-state index in [1.165, 1.54) is 11.8 Å². The van der Waals surface area contributed by atoms with E-state index < -0.39 is 9.84 Å². The molecule has 25 heavy (non-hydrogen) atoms. The molecule has 0 aliphatic rings. The van der Waals surface area contributed by atoms with E-state index in [0.29, 0.717) is 10.6 Å². The summed E-state index contributed by atoms with van der Waals surface area (Å²) in [6, 6.07) is 15.2. The van der Waals surface area contributed by atoms with Gasteiger partial charge in [-0.3, -0.25) is 0 Å². The molecule has 0 fully saturated rings. The number of hydrogen-bond acceptors (Lipinski definition) is 5. The Kier molecular flexibility index (Phi) is 5.23. The van der Waals surface area contributed by atoms with Crippen LogP contribution in [0.15, 0.2) is 57.8 Å². The first-order valence-corrected chi connectivity index (χ1v) is 11.5. The van der Waals surface area contributed by atoms with Crippen LogP contribution in [-0.4, -0.2) is 24.9 Å². The zero-order valence-electron chi connectivity index (χ0n) is 14.5. The fourth-order valence-corrected chi connectivity index (χ4v) is 6.22. The Morgan fingerprint density at radius 3 is 2.36 bits per heavy atom. The first kappa shape index (κ1) is 18.4. The van der Waals surface area contributed by atoms with Crippen molar-refractivity contribution in [1.29, 1.82) is 0 Å². The van der Waals surface area contributed by atoms with Crippen LogP contribution >= 0.6 is 23.1 Å². The molecule has 1 heterocycles. The molecule has 0 saturated heterocycles. The highest BCUT2D eigenvalue weighted by molar-refractivity contribution is 8.02. The summed E-state index contributed by atoms with van der Waals surface area (Å²) >= 11 is 3.11. The van der Waals surface area contributed by atoms with Crippen molar-refractivity contribution in [2.24, 2.45) is 0 Å².